The predicted molar refractivity (Wildman–Crippen MR) is 461 cm³/mol. The Kier molecular flexibility index (Phi) is 84.5. The second-order valence-electron chi connectivity index (χ2n) is 36.0. The van der Waals surface area contributed by atoms with E-state index in [2.05, 4.69) is 208 Å². The van der Waals surface area contributed by atoms with Crippen LogP contribution < -0.4 is 0 Å². The fourth-order valence-corrected chi connectivity index (χ4v) is 11.6. The molecule has 0 bridgehead atoms. The normalized spacial score (nSPS) is 18.1. The summed E-state index contributed by atoms with van der Waals surface area (Å²) in [5.41, 5.74) is 1.12. The highest BCUT2D eigenvalue weighted by Crippen LogP contribution is 2.31. The van der Waals surface area contributed by atoms with E-state index in [0.29, 0.717) is 88.7 Å². The van der Waals surface area contributed by atoms with Crippen LogP contribution >= 0.6 is 0 Å². The van der Waals surface area contributed by atoms with E-state index in [-0.39, 0.29) is 5.60 Å². The van der Waals surface area contributed by atoms with Crippen molar-refractivity contribution in [3.63, 3.8) is 0 Å². The van der Waals surface area contributed by atoms with Gasteiger partial charge in [0.05, 0.1) is 74.3 Å². The molecular weight excluding hydrogens is 1290 g/mol. The van der Waals surface area contributed by atoms with E-state index in [1.54, 1.807) is 7.11 Å². The van der Waals surface area contributed by atoms with Crippen molar-refractivity contribution in [3.05, 3.63) is 0 Å². The molecule has 0 aliphatic heterocycles. The van der Waals surface area contributed by atoms with Crippen LogP contribution in [0.5, 0.6) is 0 Å². The Morgan fingerprint density at radius 3 is 0.779 bits per heavy atom. The third-order valence-corrected chi connectivity index (χ3v) is 21.7. The van der Waals surface area contributed by atoms with Gasteiger partial charge in [0.15, 0.2) is 0 Å². The highest BCUT2D eigenvalue weighted by atomic mass is 16.5. The smallest absolute Gasteiger partial charge is 0.0602 e. The van der Waals surface area contributed by atoms with Gasteiger partial charge in [0.2, 0.25) is 0 Å². The third kappa shape index (κ3) is 81.1. The molecule has 4 aliphatic carbocycles. The summed E-state index contributed by atoms with van der Waals surface area (Å²) in [4.78, 5) is 0. The Hall–Kier alpha value is -0.440. The Morgan fingerprint density at radius 1 is 0.308 bits per heavy atom. The average molecular weight is 1490 g/mol. The first-order valence-electron chi connectivity index (χ1n) is 43.7. The van der Waals surface area contributed by atoms with Crippen LogP contribution in [0.3, 0.4) is 0 Å². The lowest BCUT2D eigenvalue weighted by molar-refractivity contribution is -0.0698. The Balaban J connectivity index is -0.000000200. The summed E-state index contributed by atoms with van der Waals surface area (Å²) in [7, 11) is 9.06. The van der Waals surface area contributed by atoms with Crippen molar-refractivity contribution in [2.24, 2.45) is 69.5 Å². The zero-order valence-corrected chi connectivity index (χ0v) is 78.6. The van der Waals surface area contributed by atoms with E-state index < -0.39 is 0 Å². The molecule has 0 aromatic carbocycles. The molecule has 0 saturated heterocycles. The zero-order chi connectivity index (χ0) is 81.9. The molecule has 638 valence electrons. The predicted octanol–water partition coefficient (Wildman–Crippen LogP) is 27.9. The topological polar surface area (TPSA) is 102 Å². The van der Waals surface area contributed by atoms with Crippen molar-refractivity contribution in [1.82, 2.24) is 0 Å². The summed E-state index contributed by atoms with van der Waals surface area (Å²) in [6.07, 6.45) is 38.1. The molecule has 104 heavy (non-hydrogen) atoms. The molecule has 8 unspecified atom stereocenters. The molecule has 11 heteroatoms. The Labute approximate surface area is 657 Å². The minimum Gasteiger partial charge on any atom is -0.381 e. The number of rotatable bonds is 30. The fourth-order valence-electron chi connectivity index (χ4n) is 11.6. The fraction of sp³-hybridized carbons (Fsp3) is 1.00. The van der Waals surface area contributed by atoms with Gasteiger partial charge >= 0.3 is 0 Å². The number of hydrogen-bond acceptors (Lipinski definition) is 11. The molecule has 0 spiro atoms. The lowest BCUT2D eigenvalue weighted by Gasteiger charge is -2.27. The van der Waals surface area contributed by atoms with Gasteiger partial charge in [-0.2, -0.15) is 0 Å². The summed E-state index contributed by atoms with van der Waals surface area (Å²) in [5, 5.41) is 0. The van der Waals surface area contributed by atoms with Gasteiger partial charge in [0.1, 0.15) is 0 Å². The van der Waals surface area contributed by atoms with Crippen LogP contribution in [-0.2, 0) is 52.1 Å². The van der Waals surface area contributed by atoms with E-state index in [1.807, 2.05) is 56.1 Å². The molecule has 0 aromatic heterocycles. The van der Waals surface area contributed by atoms with E-state index in [1.165, 1.54) is 161 Å². The Morgan fingerprint density at radius 2 is 0.596 bits per heavy atom. The molecule has 4 fully saturated rings. The second-order valence-corrected chi connectivity index (χ2v) is 36.0. The molecule has 0 aromatic rings. The maximum atomic E-state index is 5.70. The molecule has 0 radical (unpaired) electrons. The van der Waals surface area contributed by atoms with E-state index >= 15 is 0 Å². The third-order valence-electron chi connectivity index (χ3n) is 21.7. The van der Waals surface area contributed by atoms with Crippen molar-refractivity contribution < 1.29 is 52.1 Å². The summed E-state index contributed by atoms with van der Waals surface area (Å²) < 4.78 is 58.6. The van der Waals surface area contributed by atoms with Gasteiger partial charge in [-0.25, -0.2) is 0 Å². The quantitative estimate of drug-likeness (QED) is 0.0643. The van der Waals surface area contributed by atoms with Crippen LogP contribution in [0, 0.1) is 69.5 Å². The van der Waals surface area contributed by atoms with Crippen molar-refractivity contribution >= 4 is 0 Å². The molecule has 4 saturated carbocycles. The van der Waals surface area contributed by atoms with E-state index in [9.17, 15) is 0 Å². The van der Waals surface area contributed by atoms with Crippen LogP contribution in [0.1, 0.15) is 396 Å². The molecule has 11 nitrogen and oxygen atoms in total. The van der Waals surface area contributed by atoms with Gasteiger partial charge in [0.25, 0.3) is 0 Å². The lowest BCUT2D eigenvalue weighted by atomic mass is 9.86. The van der Waals surface area contributed by atoms with Crippen LogP contribution in [0.15, 0.2) is 0 Å². The van der Waals surface area contributed by atoms with Gasteiger partial charge in [-0.3, -0.25) is 0 Å². The van der Waals surface area contributed by atoms with Crippen molar-refractivity contribution in [2.75, 3.05) is 88.4 Å². The summed E-state index contributed by atoms with van der Waals surface area (Å²) in [5.74, 6) is 6.67. The van der Waals surface area contributed by atoms with E-state index in [4.69, 9.17) is 52.1 Å². The first-order valence-corrected chi connectivity index (χ1v) is 43.7. The van der Waals surface area contributed by atoms with Crippen molar-refractivity contribution in [2.45, 2.75) is 450 Å². The van der Waals surface area contributed by atoms with E-state index in [0.717, 1.165) is 82.4 Å². The highest BCUT2D eigenvalue weighted by molar-refractivity contribution is 4.75. The number of ether oxygens (including phenoxy) is 11. The molecule has 8 atom stereocenters. The van der Waals surface area contributed by atoms with Crippen LogP contribution in [-0.4, -0.2) is 143 Å². The van der Waals surface area contributed by atoms with Gasteiger partial charge in [-0.1, -0.05) is 215 Å². The summed E-state index contributed by atoms with van der Waals surface area (Å²) in [6, 6.07) is 0. The van der Waals surface area contributed by atoms with Crippen LogP contribution in [0.2, 0.25) is 0 Å². The minimum atomic E-state index is 0.00366. The first-order chi connectivity index (χ1) is 48.5. The monoisotopic (exact) mass is 1490 g/mol. The molecule has 0 heterocycles. The summed E-state index contributed by atoms with van der Waals surface area (Å²) in [6.45, 7) is 80.1. The van der Waals surface area contributed by atoms with Crippen LogP contribution in [0.25, 0.3) is 0 Å². The second kappa shape index (κ2) is 75.3. The maximum absolute atomic E-state index is 5.70. The minimum absolute atomic E-state index is 0.00366. The van der Waals surface area contributed by atoms with Gasteiger partial charge in [0, 0.05) is 68.6 Å². The van der Waals surface area contributed by atoms with Crippen molar-refractivity contribution in [3.8, 4) is 0 Å². The van der Waals surface area contributed by atoms with Gasteiger partial charge in [-0.05, 0) is 251 Å². The van der Waals surface area contributed by atoms with Crippen molar-refractivity contribution in [1.29, 1.82) is 0 Å². The maximum Gasteiger partial charge on any atom is 0.0602 e. The molecule has 0 N–H and O–H groups in total. The number of hydrogen-bond donors (Lipinski definition) is 0. The number of methoxy groups -OCH3 is 5. The SMILES string of the molecule is CC(C)C(C)OC(C)(C)C.CC(C)OC(C)C(C)C.CCOCC(C)(C)C.CCOCC(C)(C)CC.CCOCC(C)(CC)CC.CCOCC(C)C.COC(C)C(C)C(C)C.COC(C)C1CCCC1.COC(C)C1CCCCC1.COC(C)C1CCCCCC1.COC(C)C1CCCCCCC1. The average Bonchev–Trinajstić information content (AvgIpc) is 1.68. The molecule has 4 aliphatic rings. The summed E-state index contributed by atoms with van der Waals surface area (Å²) >= 11 is 0. The highest BCUT2D eigenvalue weighted by Gasteiger charge is 2.24. The van der Waals surface area contributed by atoms with Crippen LogP contribution in [0.4, 0.5) is 0 Å². The standard InChI is InChI=1S/C11H22O.C10H20O.C9H18O.2C9H20O.C8H16O.3C8H18O.C7H16O.C6H14O/c1-10(12-2)11-8-6-4-3-5-7-9-11;1-9(11-2)10-7-5-3-4-6-8-10;1-8(10-2)9-6-4-3-5-7-9;1-7(2)8(3)10-9(4,5)6;1-5-9(4,6-2)8-10-7-3;1-7(9-2)8-5-3-4-6-8;1-6(2)7(3)8(4)9-5;1-6(2)8(5)9-7(3)4;1-5-8(3,4)7-9-6-2;1-5-8-6-7(2,3)4;1-4-7-5-6(2)3/h10-11H,3-9H2,1-2H3;9-10H,3-8H2,1-2H3;8-9H,3-7H2,1-2H3;7-8H,1-6H3;5-8H2,1-4H3;7-8H,3-6H2,1-2H3;2*6-8H,1-5H3;5-7H2,1-4H3;5-6H2,1-4H3;6H,4-5H2,1-3H3. The zero-order valence-electron chi connectivity index (χ0n) is 78.6. The lowest BCUT2D eigenvalue weighted by Crippen LogP contribution is -2.28. The molecule has 0 amide bonds. The largest absolute Gasteiger partial charge is 0.381 e. The van der Waals surface area contributed by atoms with Gasteiger partial charge in [-0.15, -0.1) is 0 Å². The molecular formula is C93H200O11. The first kappa shape index (κ1) is 117. The van der Waals surface area contributed by atoms with Gasteiger partial charge < -0.3 is 52.1 Å². The molecule has 4 rings (SSSR count). The Bertz CT molecular complexity index is 1620.